The van der Waals surface area contributed by atoms with Crippen LogP contribution in [0, 0.1) is 13.8 Å². The smallest absolute Gasteiger partial charge is 0.320 e. The Hall–Kier alpha value is -2.68. The van der Waals surface area contributed by atoms with Crippen molar-refractivity contribution < 1.29 is 18.8 Å². The van der Waals surface area contributed by atoms with E-state index in [-0.39, 0.29) is 6.10 Å². The van der Waals surface area contributed by atoms with Crippen molar-refractivity contribution in [2.75, 3.05) is 18.5 Å². The molecule has 2 amide bonds. The van der Waals surface area contributed by atoms with Crippen LogP contribution in [-0.4, -0.2) is 40.5 Å². The first-order valence-corrected chi connectivity index (χ1v) is 8.99. The van der Waals surface area contributed by atoms with Gasteiger partial charge in [0.15, 0.2) is 5.82 Å². The van der Waals surface area contributed by atoms with Crippen LogP contribution in [0.1, 0.15) is 44.0 Å². The summed E-state index contributed by atoms with van der Waals surface area (Å²) in [5.41, 5.74) is 0.653. The van der Waals surface area contributed by atoms with E-state index in [2.05, 4.69) is 25.8 Å². The maximum atomic E-state index is 12.8. The molecule has 0 bridgehead atoms. The zero-order chi connectivity index (χ0) is 19.4. The predicted molar refractivity (Wildman–Crippen MR) is 97.7 cm³/mol. The minimum Gasteiger partial charge on any atom is -0.473 e. The number of pyridine rings is 1. The second kappa shape index (κ2) is 7.91. The molecule has 0 atom stereocenters. The highest BCUT2D eigenvalue weighted by Gasteiger charge is 2.41. The Labute approximate surface area is 157 Å². The number of carbonyl (C=O) groups is 1. The average Bonchev–Trinajstić information content (AvgIpc) is 3.05. The number of carbonyl (C=O) groups excluding carboxylic acids is 1. The van der Waals surface area contributed by atoms with Crippen LogP contribution in [0.25, 0.3) is 0 Å². The monoisotopic (exact) mass is 375 g/mol. The van der Waals surface area contributed by atoms with Gasteiger partial charge in [-0.05, 0) is 39.3 Å². The van der Waals surface area contributed by atoms with E-state index in [0.29, 0.717) is 49.3 Å². The molecule has 27 heavy (non-hydrogen) atoms. The highest BCUT2D eigenvalue weighted by Crippen LogP contribution is 2.31. The molecule has 9 nitrogen and oxygen atoms in total. The number of anilines is 1. The Bertz CT molecular complexity index is 799. The molecule has 2 N–H and O–H groups in total. The van der Waals surface area contributed by atoms with E-state index in [1.54, 1.807) is 13.1 Å². The molecule has 2 aromatic heterocycles. The summed E-state index contributed by atoms with van der Waals surface area (Å²) < 4.78 is 16.5. The number of hydrogen-bond acceptors (Lipinski definition) is 7. The summed E-state index contributed by atoms with van der Waals surface area (Å²) in [6.07, 6.45) is 2.72. The molecule has 0 aliphatic carbocycles. The van der Waals surface area contributed by atoms with Crippen LogP contribution in [0.15, 0.2) is 16.8 Å². The summed E-state index contributed by atoms with van der Waals surface area (Å²) >= 11 is 0. The van der Waals surface area contributed by atoms with E-state index in [1.165, 1.54) is 0 Å². The molecule has 3 heterocycles. The number of nitrogens with one attached hydrogen (secondary N) is 2. The molecule has 1 aliphatic rings. The molecule has 1 aliphatic heterocycles. The Morgan fingerprint density at radius 2 is 2.04 bits per heavy atom. The van der Waals surface area contributed by atoms with E-state index in [4.69, 9.17) is 14.0 Å². The molecule has 0 spiro atoms. The molecule has 0 saturated carbocycles. The van der Waals surface area contributed by atoms with Crippen LogP contribution in [0.2, 0.25) is 0 Å². The van der Waals surface area contributed by atoms with Crippen molar-refractivity contribution in [3.63, 3.8) is 0 Å². The third-order valence-corrected chi connectivity index (χ3v) is 4.22. The fourth-order valence-electron chi connectivity index (χ4n) is 2.94. The molecule has 2 aromatic rings. The number of amides is 2. The minimum absolute atomic E-state index is 0.0629. The van der Waals surface area contributed by atoms with Gasteiger partial charge in [-0.2, -0.15) is 4.98 Å². The first-order valence-electron chi connectivity index (χ1n) is 8.99. The molecule has 0 aromatic carbocycles. The largest absolute Gasteiger partial charge is 0.473 e. The Morgan fingerprint density at radius 3 is 2.67 bits per heavy atom. The maximum absolute atomic E-state index is 12.8. The van der Waals surface area contributed by atoms with Gasteiger partial charge in [-0.1, -0.05) is 5.16 Å². The van der Waals surface area contributed by atoms with Gasteiger partial charge in [0.1, 0.15) is 11.2 Å². The van der Waals surface area contributed by atoms with E-state index < -0.39 is 11.6 Å². The summed E-state index contributed by atoms with van der Waals surface area (Å²) in [5.74, 6) is 1.29. The Morgan fingerprint density at radius 1 is 1.30 bits per heavy atom. The first kappa shape index (κ1) is 19.1. The van der Waals surface area contributed by atoms with Gasteiger partial charge in [-0.3, -0.25) is 0 Å². The molecule has 1 fully saturated rings. The second-order valence-electron chi connectivity index (χ2n) is 6.95. The maximum Gasteiger partial charge on any atom is 0.320 e. The molecular formula is C18H25N5O4. The van der Waals surface area contributed by atoms with Gasteiger partial charge in [-0.25, -0.2) is 9.78 Å². The van der Waals surface area contributed by atoms with Gasteiger partial charge in [0.25, 0.3) is 5.89 Å². The number of urea groups is 1. The third kappa shape index (κ3) is 4.54. The highest BCUT2D eigenvalue weighted by molar-refractivity contribution is 5.91. The van der Waals surface area contributed by atoms with Gasteiger partial charge in [-0.15, -0.1) is 0 Å². The van der Waals surface area contributed by atoms with Gasteiger partial charge >= 0.3 is 6.03 Å². The van der Waals surface area contributed by atoms with E-state index in [0.717, 1.165) is 5.56 Å². The lowest BCUT2D eigenvalue weighted by molar-refractivity contribution is 0.0285. The lowest BCUT2D eigenvalue weighted by Crippen LogP contribution is -2.51. The summed E-state index contributed by atoms with van der Waals surface area (Å²) in [6.45, 7) is 8.44. The average molecular weight is 375 g/mol. The lowest BCUT2D eigenvalue weighted by Gasteiger charge is -2.34. The number of aryl methyl sites for hydroxylation is 2. The molecule has 146 valence electrons. The normalized spacial score (nSPS) is 16.2. The van der Waals surface area contributed by atoms with E-state index in [1.807, 2.05) is 26.8 Å². The minimum atomic E-state index is -0.764. The van der Waals surface area contributed by atoms with Crippen molar-refractivity contribution in [2.24, 2.45) is 0 Å². The van der Waals surface area contributed by atoms with Gasteiger partial charge < -0.3 is 24.6 Å². The standard InChI is InChI=1S/C18H25N5O4/c1-11(2)26-15-14(9-12(3)10-19-15)21-17(24)22-18(5-7-25-8-6-18)16-20-13(4)23-27-16/h9-11H,5-8H2,1-4H3,(H2,21,22,24). The number of ether oxygens (including phenoxy) is 2. The summed E-state index contributed by atoms with van der Waals surface area (Å²) in [7, 11) is 0. The molecule has 0 unspecified atom stereocenters. The molecule has 9 heteroatoms. The lowest BCUT2D eigenvalue weighted by atomic mass is 9.90. The van der Waals surface area contributed by atoms with E-state index >= 15 is 0 Å². The third-order valence-electron chi connectivity index (χ3n) is 4.22. The Balaban J connectivity index is 1.80. The number of nitrogens with zero attached hydrogens (tertiary/aromatic N) is 3. The Kier molecular flexibility index (Phi) is 5.59. The van der Waals surface area contributed by atoms with Crippen LogP contribution >= 0.6 is 0 Å². The van der Waals surface area contributed by atoms with Crippen molar-refractivity contribution in [2.45, 2.75) is 52.2 Å². The predicted octanol–water partition coefficient (Wildman–Crippen LogP) is 2.70. The molecule has 3 rings (SSSR count). The van der Waals surface area contributed by atoms with Crippen LogP contribution in [0.5, 0.6) is 5.88 Å². The van der Waals surface area contributed by atoms with Crippen molar-refractivity contribution in [1.29, 1.82) is 0 Å². The quantitative estimate of drug-likeness (QED) is 0.826. The van der Waals surface area contributed by atoms with Crippen LogP contribution < -0.4 is 15.4 Å². The van der Waals surface area contributed by atoms with Crippen molar-refractivity contribution in [3.8, 4) is 5.88 Å². The fourth-order valence-corrected chi connectivity index (χ4v) is 2.94. The van der Waals surface area contributed by atoms with Crippen LogP contribution in [0.4, 0.5) is 10.5 Å². The van der Waals surface area contributed by atoms with Crippen LogP contribution in [-0.2, 0) is 10.3 Å². The zero-order valence-electron chi connectivity index (χ0n) is 16.0. The van der Waals surface area contributed by atoms with Gasteiger partial charge in [0.05, 0.1) is 6.10 Å². The van der Waals surface area contributed by atoms with Crippen molar-refractivity contribution >= 4 is 11.7 Å². The molecular weight excluding hydrogens is 350 g/mol. The molecule has 1 saturated heterocycles. The topological polar surface area (TPSA) is 111 Å². The van der Waals surface area contributed by atoms with E-state index in [9.17, 15) is 4.79 Å². The number of rotatable bonds is 5. The van der Waals surface area contributed by atoms with Gasteiger partial charge in [0, 0.05) is 32.3 Å². The summed E-state index contributed by atoms with van der Waals surface area (Å²) in [6, 6.07) is 1.42. The summed E-state index contributed by atoms with van der Waals surface area (Å²) in [4.78, 5) is 21.4. The first-order chi connectivity index (χ1) is 12.9. The molecule has 0 radical (unpaired) electrons. The van der Waals surface area contributed by atoms with Gasteiger partial charge in [0.2, 0.25) is 5.88 Å². The summed E-state index contributed by atoms with van der Waals surface area (Å²) in [5, 5.41) is 9.70. The second-order valence-corrected chi connectivity index (χ2v) is 6.95. The SMILES string of the molecule is Cc1cnc(OC(C)C)c(NC(=O)NC2(c3nc(C)no3)CCOCC2)c1. The van der Waals surface area contributed by atoms with Crippen molar-refractivity contribution in [1.82, 2.24) is 20.4 Å². The van der Waals surface area contributed by atoms with Crippen molar-refractivity contribution in [3.05, 3.63) is 29.5 Å². The highest BCUT2D eigenvalue weighted by atomic mass is 16.5. The number of aromatic nitrogens is 3. The zero-order valence-corrected chi connectivity index (χ0v) is 16.0. The van der Waals surface area contributed by atoms with Crippen LogP contribution in [0.3, 0.4) is 0 Å². The fraction of sp³-hybridized carbons (Fsp3) is 0.556. The number of hydrogen-bond donors (Lipinski definition) is 2.